The number of nitrogens with zero attached hydrogens (tertiary/aromatic N) is 3. The summed E-state index contributed by atoms with van der Waals surface area (Å²) in [5.41, 5.74) is 1.80. The molecule has 0 saturated heterocycles. The summed E-state index contributed by atoms with van der Waals surface area (Å²) >= 11 is 3.15. The molecule has 0 radical (unpaired) electrons. The number of rotatable bonds is 5. The van der Waals surface area contributed by atoms with Crippen LogP contribution in [0.1, 0.15) is 34.1 Å². The van der Waals surface area contributed by atoms with Crippen molar-refractivity contribution in [1.29, 1.82) is 0 Å². The lowest BCUT2D eigenvalue weighted by atomic mass is 9.89. The topological polar surface area (TPSA) is 86.0 Å². The molecule has 1 aliphatic carbocycles. The standard InChI is InChI=1S/C19H17N3O3S2/c1-11-2-7-14-16(8-11)27-19-17(14)18(20-10-21-19)26-9-15(23)12-3-5-13(6-4-12)22(24)25/h3-6,10-11H,2,7-9H2,1H3/t11-/m1/s1. The van der Waals surface area contributed by atoms with E-state index < -0.39 is 4.92 Å². The Morgan fingerprint density at radius 1 is 1.33 bits per heavy atom. The minimum atomic E-state index is -0.471. The summed E-state index contributed by atoms with van der Waals surface area (Å²) in [4.78, 5) is 34.0. The van der Waals surface area contributed by atoms with E-state index in [2.05, 4.69) is 16.9 Å². The Morgan fingerprint density at radius 3 is 2.85 bits per heavy atom. The van der Waals surface area contributed by atoms with Gasteiger partial charge in [-0.2, -0.15) is 0 Å². The number of thioether (sulfide) groups is 1. The van der Waals surface area contributed by atoms with Crippen LogP contribution in [-0.4, -0.2) is 26.4 Å². The van der Waals surface area contributed by atoms with E-state index in [1.54, 1.807) is 17.7 Å². The highest BCUT2D eigenvalue weighted by Gasteiger charge is 2.23. The molecule has 0 unspecified atom stereocenters. The number of benzene rings is 1. The lowest BCUT2D eigenvalue weighted by Crippen LogP contribution is -2.09. The molecule has 0 aliphatic heterocycles. The Bertz CT molecular complexity index is 1030. The Balaban J connectivity index is 1.55. The van der Waals surface area contributed by atoms with Crippen molar-refractivity contribution in [1.82, 2.24) is 9.97 Å². The highest BCUT2D eigenvalue weighted by molar-refractivity contribution is 8.00. The average Bonchev–Trinajstić information content (AvgIpc) is 3.04. The molecule has 0 amide bonds. The van der Waals surface area contributed by atoms with Gasteiger partial charge in [0.1, 0.15) is 16.2 Å². The second-order valence-corrected chi connectivity index (χ2v) is 8.77. The summed E-state index contributed by atoms with van der Waals surface area (Å²) in [7, 11) is 0. The van der Waals surface area contributed by atoms with E-state index >= 15 is 0 Å². The maximum atomic E-state index is 12.5. The average molecular weight is 399 g/mol. The molecule has 0 bridgehead atoms. The first kappa shape index (κ1) is 18.1. The highest BCUT2D eigenvalue weighted by Crippen LogP contribution is 2.40. The molecular formula is C19H17N3O3S2. The van der Waals surface area contributed by atoms with Crippen LogP contribution in [0.5, 0.6) is 0 Å². The Labute approximate surface area is 164 Å². The third-order valence-corrected chi connectivity index (χ3v) is 6.95. The van der Waals surface area contributed by atoms with E-state index in [4.69, 9.17) is 0 Å². The summed E-state index contributed by atoms with van der Waals surface area (Å²) in [5.74, 6) is 0.864. The summed E-state index contributed by atoms with van der Waals surface area (Å²) in [6, 6.07) is 5.73. The van der Waals surface area contributed by atoms with Gasteiger partial charge in [0.05, 0.1) is 10.7 Å². The van der Waals surface area contributed by atoms with Crippen LogP contribution in [0.25, 0.3) is 10.2 Å². The number of nitro groups is 1. The predicted octanol–water partition coefficient (Wildman–Crippen LogP) is 4.70. The number of carbonyl (C=O) groups is 1. The molecule has 6 nitrogen and oxygen atoms in total. The first-order valence-corrected chi connectivity index (χ1v) is 10.5. The van der Waals surface area contributed by atoms with Gasteiger partial charge in [-0.15, -0.1) is 11.3 Å². The fourth-order valence-corrected chi connectivity index (χ4v) is 5.68. The van der Waals surface area contributed by atoms with E-state index in [-0.39, 0.29) is 17.2 Å². The van der Waals surface area contributed by atoms with Crippen molar-refractivity contribution < 1.29 is 9.72 Å². The first-order valence-electron chi connectivity index (χ1n) is 8.68. The van der Waals surface area contributed by atoms with Gasteiger partial charge in [0.2, 0.25) is 0 Å². The Morgan fingerprint density at radius 2 is 2.11 bits per heavy atom. The molecule has 1 atom stereocenters. The molecule has 4 rings (SSSR count). The quantitative estimate of drug-likeness (QED) is 0.203. The maximum Gasteiger partial charge on any atom is 0.269 e. The molecule has 1 aromatic carbocycles. The number of hydrogen-bond acceptors (Lipinski definition) is 7. The fraction of sp³-hybridized carbons (Fsp3) is 0.316. The number of carbonyl (C=O) groups excluding carboxylic acids is 1. The normalized spacial score (nSPS) is 16.3. The van der Waals surface area contributed by atoms with Gasteiger partial charge in [-0.05, 0) is 42.9 Å². The first-order chi connectivity index (χ1) is 13.0. The molecule has 1 aliphatic rings. The SMILES string of the molecule is C[C@@H]1CCc2c(sc3ncnc(SCC(=O)c4ccc([N+](=O)[O-])cc4)c23)C1. The van der Waals surface area contributed by atoms with Gasteiger partial charge in [0.15, 0.2) is 5.78 Å². The van der Waals surface area contributed by atoms with Crippen LogP contribution in [-0.2, 0) is 12.8 Å². The van der Waals surface area contributed by atoms with Crippen molar-refractivity contribution in [2.75, 3.05) is 5.75 Å². The van der Waals surface area contributed by atoms with Crippen molar-refractivity contribution in [2.24, 2.45) is 5.92 Å². The van der Waals surface area contributed by atoms with E-state index in [1.807, 2.05) is 0 Å². The van der Waals surface area contributed by atoms with Crippen molar-refractivity contribution in [3.05, 3.63) is 56.7 Å². The van der Waals surface area contributed by atoms with Crippen molar-refractivity contribution in [2.45, 2.75) is 31.2 Å². The number of ketones is 1. The van der Waals surface area contributed by atoms with E-state index in [0.29, 0.717) is 11.5 Å². The molecule has 0 saturated carbocycles. The fourth-order valence-electron chi connectivity index (χ4n) is 3.34. The lowest BCUT2D eigenvalue weighted by molar-refractivity contribution is -0.384. The van der Waals surface area contributed by atoms with Crippen LogP contribution in [0, 0.1) is 16.0 Å². The number of thiophene rings is 1. The van der Waals surface area contributed by atoms with Crippen LogP contribution in [0.15, 0.2) is 35.6 Å². The van der Waals surface area contributed by atoms with Gasteiger partial charge in [0, 0.05) is 28.0 Å². The Hall–Kier alpha value is -2.32. The zero-order chi connectivity index (χ0) is 19.0. The maximum absolute atomic E-state index is 12.5. The van der Waals surface area contributed by atoms with Crippen LogP contribution < -0.4 is 0 Å². The van der Waals surface area contributed by atoms with E-state index in [0.717, 1.165) is 28.1 Å². The van der Waals surface area contributed by atoms with Gasteiger partial charge in [-0.3, -0.25) is 14.9 Å². The molecule has 8 heteroatoms. The zero-order valence-corrected chi connectivity index (χ0v) is 16.3. The summed E-state index contributed by atoms with van der Waals surface area (Å²) in [6.45, 7) is 2.28. The van der Waals surface area contributed by atoms with Crippen molar-refractivity contribution >= 4 is 44.8 Å². The monoisotopic (exact) mass is 399 g/mol. The van der Waals surface area contributed by atoms with Gasteiger partial charge in [0.25, 0.3) is 5.69 Å². The molecule has 27 heavy (non-hydrogen) atoms. The number of nitro benzene ring substituents is 1. The summed E-state index contributed by atoms with van der Waals surface area (Å²) in [5, 5.41) is 12.7. The molecule has 0 N–H and O–H groups in total. The largest absolute Gasteiger partial charge is 0.293 e. The molecule has 2 heterocycles. The predicted molar refractivity (Wildman–Crippen MR) is 107 cm³/mol. The van der Waals surface area contributed by atoms with E-state index in [9.17, 15) is 14.9 Å². The third-order valence-electron chi connectivity index (χ3n) is 4.80. The number of aryl methyl sites for hydroxylation is 1. The van der Waals surface area contributed by atoms with Crippen molar-refractivity contribution in [3.8, 4) is 0 Å². The van der Waals surface area contributed by atoms with Gasteiger partial charge in [-0.25, -0.2) is 9.97 Å². The molecule has 0 spiro atoms. The van der Waals surface area contributed by atoms with Gasteiger partial charge in [-0.1, -0.05) is 18.7 Å². The lowest BCUT2D eigenvalue weighted by Gasteiger charge is -2.18. The van der Waals surface area contributed by atoms with Crippen LogP contribution >= 0.6 is 23.1 Å². The second kappa shape index (κ2) is 7.36. The second-order valence-electron chi connectivity index (χ2n) is 6.73. The minimum absolute atomic E-state index is 0.0177. The van der Waals surface area contributed by atoms with Crippen molar-refractivity contribution in [3.63, 3.8) is 0 Å². The molecular weight excluding hydrogens is 382 g/mol. The van der Waals surface area contributed by atoms with E-state index in [1.165, 1.54) is 52.9 Å². The van der Waals surface area contributed by atoms with Crippen LogP contribution in [0.4, 0.5) is 5.69 Å². The summed E-state index contributed by atoms with van der Waals surface area (Å²) in [6.07, 6.45) is 4.85. The molecule has 2 aromatic heterocycles. The highest BCUT2D eigenvalue weighted by atomic mass is 32.2. The Kier molecular flexibility index (Phi) is 4.92. The summed E-state index contributed by atoms with van der Waals surface area (Å²) < 4.78 is 0. The van der Waals surface area contributed by atoms with Gasteiger partial charge >= 0.3 is 0 Å². The number of fused-ring (bicyclic) bond motifs is 3. The number of Topliss-reactive ketones (excluding diaryl/α,β-unsaturated/α-hetero) is 1. The molecule has 138 valence electrons. The molecule has 3 aromatic rings. The van der Waals surface area contributed by atoms with Crippen LogP contribution in [0.2, 0.25) is 0 Å². The molecule has 0 fully saturated rings. The minimum Gasteiger partial charge on any atom is -0.293 e. The van der Waals surface area contributed by atoms with Gasteiger partial charge < -0.3 is 0 Å². The zero-order valence-electron chi connectivity index (χ0n) is 14.7. The smallest absolute Gasteiger partial charge is 0.269 e. The third kappa shape index (κ3) is 3.59. The number of hydrogen-bond donors (Lipinski definition) is 0. The number of aromatic nitrogens is 2. The number of non-ortho nitro benzene ring substituents is 1. The van der Waals surface area contributed by atoms with Crippen LogP contribution in [0.3, 0.4) is 0 Å².